The molecule has 2 unspecified atom stereocenters. The van der Waals surface area contributed by atoms with Crippen LogP contribution in [0.5, 0.6) is 0 Å². The molecular formula is C12H16N2O3S. The van der Waals surface area contributed by atoms with Gasteiger partial charge in [-0.2, -0.15) is 0 Å². The summed E-state index contributed by atoms with van der Waals surface area (Å²) in [5.74, 6) is -0.0704. The van der Waals surface area contributed by atoms with Crippen LogP contribution in [0.2, 0.25) is 0 Å². The van der Waals surface area contributed by atoms with Crippen LogP contribution in [-0.2, 0) is 4.79 Å². The number of nitrogens with one attached hydrogen (secondary N) is 1. The molecule has 1 aromatic rings. The van der Waals surface area contributed by atoms with Gasteiger partial charge in [-0.25, -0.2) is 0 Å². The fraction of sp³-hybridized carbons (Fsp3) is 0.333. The van der Waals surface area contributed by atoms with Crippen molar-refractivity contribution in [2.45, 2.75) is 19.1 Å². The van der Waals surface area contributed by atoms with Gasteiger partial charge in [-0.15, -0.1) is 0 Å². The van der Waals surface area contributed by atoms with Crippen molar-refractivity contribution in [2.75, 3.05) is 5.75 Å². The molecule has 2 atom stereocenters. The lowest BCUT2D eigenvalue weighted by Gasteiger charge is -2.19. The summed E-state index contributed by atoms with van der Waals surface area (Å²) < 4.78 is 0. The Balaban J connectivity index is 2.86. The molecule has 0 fully saturated rings. The molecule has 6 heteroatoms. The molecule has 5 N–H and O–H groups in total. The van der Waals surface area contributed by atoms with Crippen molar-refractivity contribution in [1.29, 1.82) is 5.41 Å². The van der Waals surface area contributed by atoms with Crippen LogP contribution in [-0.4, -0.2) is 33.0 Å². The number of nitrogen functional groups attached to an aromatic ring is 1. The van der Waals surface area contributed by atoms with Crippen LogP contribution in [0.3, 0.4) is 0 Å². The second kappa shape index (κ2) is 6.53. The van der Waals surface area contributed by atoms with Gasteiger partial charge in [0.15, 0.2) is 5.12 Å². The molecule has 0 aliphatic heterocycles. The summed E-state index contributed by atoms with van der Waals surface area (Å²) in [6, 6.07) is 6.59. The molecule has 0 bridgehead atoms. The summed E-state index contributed by atoms with van der Waals surface area (Å²) >= 11 is 0.943. The number of benzene rings is 1. The monoisotopic (exact) mass is 268 g/mol. The number of hydrogen-bond donors (Lipinski definition) is 4. The fourth-order valence-corrected chi connectivity index (χ4v) is 2.09. The van der Waals surface area contributed by atoms with E-state index in [9.17, 15) is 15.0 Å². The Labute approximate surface area is 110 Å². The number of carbonyl (C=O) groups excluding carboxylic acids is 1. The Hall–Kier alpha value is -1.37. The van der Waals surface area contributed by atoms with Crippen LogP contribution in [0.15, 0.2) is 24.3 Å². The molecule has 0 spiro atoms. The van der Waals surface area contributed by atoms with Gasteiger partial charge in [0.05, 0.1) is 6.10 Å². The van der Waals surface area contributed by atoms with Crippen molar-refractivity contribution in [3.05, 3.63) is 35.4 Å². The van der Waals surface area contributed by atoms with Crippen LogP contribution in [0, 0.1) is 5.41 Å². The molecule has 0 heterocycles. The minimum absolute atomic E-state index is 0.0999. The van der Waals surface area contributed by atoms with Crippen molar-refractivity contribution in [1.82, 2.24) is 0 Å². The van der Waals surface area contributed by atoms with Gasteiger partial charge >= 0.3 is 0 Å². The largest absolute Gasteiger partial charge is 0.389 e. The molecular weight excluding hydrogens is 252 g/mol. The number of hydrogen-bond acceptors (Lipinski definition) is 5. The standard InChI is InChI=1S/C12H16N2O3S/c1-7(15)18-6-10(16)11(17)8-4-2-3-5-9(8)12(13)14/h2-5,10-11,16-17H,6H2,1H3,(H3,13,14). The Bertz CT molecular complexity index is 451. The zero-order chi connectivity index (χ0) is 13.7. The number of thioether (sulfide) groups is 1. The number of aliphatic hydroxyl groups excluding tert-OH is 2. The molecule has 98 valence electrons. The predicted octanol–water partition coefficient (Wildman–Crippen LogP) is 0.645. The van der Waals surface area contributed by atoms with E-state index in [4.69, 9.17) is 11.1 Å². The molecule has 0 saturated heterocycles. The third-order valence-electron chi connectivity index (χ3n) is 2.39. The second-order valence-corrected chi connectivity index (χ2v) is 5.01. The number of aliphatic hydroxyl groups is 2. The lowest BCUT2D eigenvalue weighted by Crippen LogP contribution is -2.24. The molecule has 0 aliphatic rings. The quantitative estimate of drug-likeness (QED) is 0.463. The van der Waals surface area contributed by atoms with E-state index in [2.05, 4.69) is 0 Å². The average molecular weight is 268 g/mol. The van der Waals surface area contributed by atoms with Crippen molar-refractivity contribution < 1.29 is 15.0 Å². The van der Waals surface area contributed by atoms with E-state index in [1.165, 1.54) is 6.92 Å². The molecule has 0 radical (unpaired) electrons. The highest BCUT2D eigenvalue weighted by Gasteiger charge is 2.22. The van der Waals surface area contributed by atoms with E-state index in [1.54, 1.807) is 24.3 Å². The van der Waals surface area contributed by atoms with Gasteiger partial charge in [-0.05, 0) is 5.56 Å². The fourth-order valence-electron chi connectivity index (χ4n) is 1.50. The number of nitrogens with two attached hydrogens (primary N) is 1. The Morgan fingerprint density at radius 1 is 1.44 bits per heavy atom. The third-order valence-corrected chi connectivity index (χ3v) is 3.31. The van der Waals surface area contributed by atoms with Gasteiger partial charge < -0.3 is 15.9 Å². The average Bonchev–Trinajstić information content (AvgIpc) is 2.34. The van der Waals surface area contributed by atoms with Gasteiger partial charge in [0, 0.05) is 18.2 Å². The van der Waals surface area contributed by atoms with E-state index in [0.29, 0.717) is 11.1 Å². The summed E-state index contributed by atoms with van der Waals surface area (Å²) in [4.78, 5) is 10.8. The van der Waals surface area contributed by atoms with Crippen molar-refractivity contribution in [2.24, 2.45) is 5.73 Å². The lowest BCUT2D eigenvalue weighted by molar-refractivity contribution is -0.109. The normalized spacial score (nSPS) is 13.9. The second-order valence-electron chi connectivity index (χ2n) is 3.82. The maximum Gasteiger partial charge on any atom is 0.185 e. The zero-order valence-corrected chi connectivity index (χ0v) is 10.8. The molecule has 0 amide bonds. The smallest absolute Gasteiger partial charge is 0.185 e. The van der Waals surface area contributed by atoms with Crippen LogP contribution < -0.4 is 5.73 Å². The van der Waals surface area contributed by atoms with Gasteiger partial charge in [-0.3, -0.25) is 10.2 Å². The van der Waals surface area contributed by atoms with Gasteiger partial charge in [-0.1, -0.05) is 36.0 Å². The summed E-state index contributed by atoms with van der Waals surface area (Å²) in [6.07, 6.45) is -2.25. The van der Waals surface area contributed by atoms with Gasteiger partial charge in [0.1, 0.15) is 11.9 Å². The molecule has 5 nitrogen and oxygen atoms in total. The van der Waals surface area contributed by atoms with Crippen molar-refractivity contribution in [3.8, 4) is 0 Å². The maximum atomic E-state index is 10.8. The molecule has 0 aliphatic carbocycles. The number of carbonyl (C=O) groups is 1. The van der Waals surface area contributed by atoms with Gasteiger partial charge in [0.25, 0.3) is 0 Å². The molecule has 1 aromatic carbocycles. The summed E-state index contributed by atoms with van der Waals surface area (Å²) in [5, 5.41) is 27.1. The first kappa shape index (κ1) is 14.7. The maximum absolute atomic E-state index is 10.8. The first-order chi connectivity index (χ1) is 8.43. The summed E-state index contributed by atoms with van der Waals surface area (Å²) in [6.45, 7) is 1.40. The minimum Gasteiger partial charge on any atom is -0.389 e. The molecule has 0 saturated carbocycles. The Morgan fingerprint density at radius 3 is 2.61 bits per heavy atom. The van der Waals surface area contributed by atoms with Crippen molar-refractivity contribution >= 4 is 22.7 Å². The minimum atomic E-state index is -1.17. The predicted molar refractivity (Wildman–Crippen MR) is 71.6 cm³/mol. The Kier molecular flexibility index (Phi) is 5.33. The van der Waals surface area contributed by atoms with E-state index in [0.717, 1.165) is 11.8 Å². The molecule has 0 aromatic heterocycles. The highest BCUT2D eigenvalue weighted by molar-refractivity contribution is 8.13. The summed E-state index contributed by atoms with van der Waals surface area (Å²) in [7, 11) is 0. The first-order valence-electron chi connectivity index (χ1n) is 5.36. The SMILES string of the molecule is CC(=O)SCC(O)C(O)c1ccccc1C(=N)N. The van der Waals surface area contributed by atoms with E-state index < -0.39 is 12.2 Å². The van der Waals surface area contributed by atoms with Crippen LogP contribution in [0.1, 0.15) is 24.2 Å². The molecule has 18 heavy (non-hydrogen) atoms. The summed E-state index contributed by atoms with van der Waals surface area (Å²) in [5.41, 5.74) is 6.18. The molecule has 1 rings (SSSR count). The number of rotatable bonds is 5. The van der Waals surface area contributed by atoms with E-state index in [1.807, 2.05) is 0 Å². The van der Waals surface area contributed by atoms with Crippen LogP contribution in [0.4, 0.5) is 0 Å². The van der Waals surface area contributed by atoms with Crippen LogP contribution >= 0.6 is 11.8 Å². The Morgan fingerprint density at radius 2 is 2.06 bits per heavy atom. The highest BCUT2D eigenvalue weighted by Crippen LogP contribution is 2.23. The van der Waals surface area contributed by atoms with E-state index in [-0.39, 0.29) is 16.7 Å². The zero-order valence-electron chi connectivity index (χ0n) is 9.96. The highest BCUT2D eigenvalue weighted by atomic mass is 32.2. The number of amidine groups is 1. The van der Waals surface area contributed by atoms with Crippen molar-refractivity contribution in [3.63, 3.8) is 0 Å². The lowest BCUT2D eigenvalue weighted by atomic mass is 9.99. The third kappa shape index (κ3) is 3.83. The van der Waals surface area contributed by atoms with Crippen LogP contribution in [0.25, 0.3) is 0 Å². The topological polar surface area (TPSA) is 107 Å². The first-order valence-corrected chi connectivity index (χ1v) is 6.35. The van der Waals surface area contributed by atoms with E-state index >= 15 is 0 Å². The van der Waals surface area contributed by atoms with Gasteiger partial charge in [0.2, 0.25) is 0 Å².